The molecule has 0 aliphatic heterocycles. The SMILES string of the molecule is CCCCCCCCCCCCCCCCCCCCCCCC(=O)O[C@H](COC(=O)CCCCCCCCCCCCCC(C)C)COP(=O)(O)OC[C@@H](O)COP(=O)(O)OC[C@@H](COC(=O)CCCCCCCCC(C)C)OC(=O)CCCCCCCCCCC(C)C. The van der Waals surface area contributed by atoms with Crippen molar-refractivity contribution < 1.29 is 80.2 Å². The van der Waals surface area contributed by atoms with E-state index in [1.54, 1.807) is 0 Å². The molecule has 2 unspecified atom stereocenters. The quantitative estimate of drug-likeness (QED) is 0.0222. The average molecular weight is 1400 g/mol. The Kier molecular flexibility index (Phi) is 65.2. The van der Waals surface area contributed by atoms with Crippen LogP contribution in [0.2, 0.25) is 0 Å². The number of carbonyl (C=O) groups is 4. The fourth-order valence-corrected chi connectivity index (χ4v) is 13.2. The van der Waals surface area contributed by atoms with Crippen LogP contribution < -0.4 is 0 Å². The van der Waals surface area contributed by atoms with Gasteiger partial charge in [0.15, 0.2) is 12.2 Å². The Hall–Kier alpha value is -1.94. The summed E-state index contributed by atoms with van der Waals surface area (Å²) < 4.78 is 68.4. The molecule has 0 bridgehead atoms. The molecule has 0 aromatic carbocycles. The number of unbranched alkanes of at least 4 members (excludes halogenated alkanes) is 42. The predicted octanol–water partition coefficient (Wildman–Crippen LogP) is 22.2. The molecule has 95 heavy (non-hydrogen) atoms. The largest absolute Gasteiger partial charge is 0.472 e. The number of phosphoric acid groups is 2. The minimum atomic E-state index is -4.96. The molecule has 0 aromatic rings. The molecule has 5 atom stereocenters. The zero-order chi connectivity index (χ0) is 70.1. The maximum Gasteiger partial charge on any atom is 0.472 e. The normalized spacial score (nSPS) is 14.1. The summed E-state index contributed by atoms with van der Waals surface area (Å²) in [4.78, 5) is 72.7. The third-order valence-electron chi connectivity index (χ3n) is 17.6. The first-order chi connectivity index (χ1) is 45.7. The molecule has 0 heterocycles. The highest BCUT2D eigenvalue weighted by atomic mass is 31.2. The van der Waals surface area contributed by atoms with Gasteiger partial charge in [0.25, 0.3) is 0 Å². The zero-order valence-corrected chi connectivity index (χ0v) is 63.9. The predicted molar refractivity (Wildman–Crippen MR) is 386 cm³/mol. The van der Waals surface area contributed by atoms with Gasteiger partial charge in [-0.15, -0.1) is 0 Å². The van der Waals surface area contributed by atoms with Crippen molar-refractivity contribution in [3.05, 3.63) is 0 Å². The number of hydrogen-bond donors (Lipinski definition) is 3. The molecule has 3 N–H and O–H groups in total. The van der Waals surface area contributed by atoms with Crippen molar-refractivity contribution in [2.24, 2.45) is 17.8 Å². The third kappa shape index (κ3) is 70.3. The van der Waals surface area contributed by atoms with Crippen molar-refractivity contribution in [1.29, 1.82) is 0 Å². The van der Waals surface area contributed by atoms with Gasteiger partial charge >= 0.3 is 39.5 Å². The molecule has 0 fully saturated rings. The van der Waals surface area contributed by atoms with Gasteiger partial charge in [-0.3, -0.25) is 37.3 Å². The second kappa shape index (κ2) is 66.6. The number of ether oxygens (including phenoxy) is 4. The van der Waals surface area contributed by atoms with E-state index in [0.29, 0.717) is 31.6 Å². The zero-order valence-electron chi connectivity index (χ0n) is 62.1. The standard InChI is InChI=1S/C76H148O17P2/c1-8-9-10-11-12-13-14-15-16-17-18-19-20-21-22-23-26-30-36-45-52-59-75(80)92-71(63-86-73(78)57-50-43-35-29-27-24-25-28-33-40-47-54-67(2)3)65-90-94(82,83)88-61-70(77)62-89-95(84,85)91-66-72(64-87-74(79)58-51-44-39-38-42-49-56-69(6)7)93-76(81)60-53-46-37-32-31-34-41-48-55-68(4)5/h67-72,77H,8-66H2,1-7H3,(H,82,83)(H,84,85)/t70-,71-,72-/m1/s1. The van der Waals surface area contributed by atoms with Crippen molar-refractivity contribution >= 4 is 39.5 Å². The number of phosphoric ester groups is 2. The lowest BCUT2D eigenvalue weighted by Gasteiger charge is -2.21. The fraction of sp³-hybridized carbons (Fsp3) is 0.947. The topological polar surface area (TPSA) is 237 Å². The molecule has 17 nitrogen and oxygen atoms in total. The maximum atomic E-state index is 13.1. The van der Waals surface area contributed by atoms with E-state index in [1.165, 1.54) is 193 Å². The van der Waals surface area contributed by atoms with Crippen LogP contribution in [-0.2, 0) is 65.4 Å². The minimum absolute atomic E-state index is 0.103. The minimum Gasteiger partial charge on any atom is -0.462 e. The molecule has 0 aliphatic rings. The summed E-state index contributed by atoms with van der Waals surface area (Å²) in [5, 5.41) is 10.6. The number of aliphatic hydroxyl groups is 1. The molecule has 0 aliphatic carbocycles. The van der Waals surface area contributed by atoms with E-state index in [1.807, 2.05) is 0 Å². The van der Waals surface area contributed by atoms with Gasteiger partial charge in [-0.2, -0.15) is 0 Å². The highest BCUT2D eigenvalue weighted by Crippen LogP contribution is 2.45. The van der Waals surface area contributed by atoms with Crippen LogP contribution in [0.5, 0.6) is 0 Å². The highest BCUT2D eigenvalue weighted by Gasteiger charge is 2.30. The van der Waals surface area contributed by atoms with Crippen LogP contribution in [0.3, 0.4) is 0 Å². The highest BCUT2D eigenvalue weighted by molar-refractivity contribution is 7.47. The van der Waals surface area contributed by atoms with E-state index in [9.17, 15) is 43.2 Å². The van der Waals surface area contributed by atoms with Crippen molar-refractivity contribution in [3.63, 3.8) is 0 Å². The Morgan fingerprint density at radius 1 is 0.284 bits per heavy atom. The van der Waals surface area contributed by atoms with Crippen molar-refractivity contribution in [1.82, 2.24) is 0 Å². The number of hydrogen-bond acceptors (Lipinski definition) is 15. The van der Waals surface area contributed by atoms with E-state index >= 15 is 0 Å². The first-order valence-electron chi connectivity index (χ1n) is 39.3. The van der Waals surface area contributed by atoms with Crippen molar-refractivity contribution in [2.45, 2.75) is 407 Å². The van der Waals surface area contributed by atoms with Crippen LogP contribution >= 0.6 is 15.6 Å². The summed E-state index contributed by atoms with van der Waals surface area (Å²) in [7, 11) is -9.91. The maximum absolute atomic E-state index is 13.1. The summed E-state index contributed by atoms with van der Waals surface area (Å²) >= 11 is 0. The Morgan fingerprint density at radius 3 is 0.716 bits per heavy atom. The molecule has 0 rings (SSSR count). The van der Waals surface area contributed by atoms with Gasteiger partial charge in [-0.25, -0.2) is 9.13 Å². The molecule has 0 spiro atoms. The van der Waals surface area contributed by atoms with Gasteiger partial charge in [-0.1, -0.05) is 337 Å². The van der Waals surface area contributed by atoms with Gasteiger partial charge in [-0.05, 0) is 43.4 Å². The van der Waals surface area contributed by atoms with E-state index in [0.717, 1.165) is 108 Å². The Balaban J connectivity index is 5.19. The molecule has 19 heteroatoms. The molecule has 0 radical (unpaired) electrons. The number of esters is 4. The lowest BCUT2D eigenvalue weighted by molar-refractivity contribution is -0.161. The summed E-state index contributed by atoms with van der Waals surface area (Å²) in [6.45, 7) is 11.8. The molecule has 0 saturated carbocycles. The van der Waals surface area contributed by atoms with Crippen molar-refractivity contribution in [2.75, 3.05) is 39.6 Å². The van der Waals surface area contributed by atoms with Gasteiger partial charge in [0.2, 0.25) is 0 Å². The molecular formula is C76H148O17P2. The van der Waals surface area contributed by atoms with Crippen LogP contribution in [0.1, 0.15) is 389 Å². The molecule has 0 aromatic heterocycles. The number of carbonyl (C=O) groups excluding carboxylic acids is 4. The van der Waals surface area contributed by atoms with Crippen LogP contribution in [0.15, 0.2) is 0 Å². The lowest BCUT2D eigenvalue weighted by atomic mass is 10.0. The van der Waals surface area contributed by atoms with Gasteiger partial charge in [0.1, 0.15) is 19.3 Å². The summed E-state index contributed by atoms with van der Waals surface area (Å²) in [5.74, 6) is 0.0453. The smallest absolute Gasteiger partial charge is 0.462 e. The van der Waals surface area contributed by atoms with Crippen LogP contribution in [0.25, 0.3) is 0 Å². The summed E-state index contributed by atoms with van der Waals surface area (Å²) in [5.41, 5.74) is 0. The van der Waals surface area contributed by atoms with E-state index < -0.39 is 97.5 Å². The van der Waals surface area contributed by atoms with Crippen LogP contribution in [0.4, 0.5) is 0 Å². The van der Waals surface area contributed by atoms with E-state index in [2.05, 4.69) is 48.5 Å². The molecular weight excluding hydrogens is 1250 g/mol. The third-order valence-corrected chi connectivity index (χ3v) is 19.5. The van der Waals surface area contributed by atoms with Gasteiger partial charge < -0.3 is 33.8 Å². The second-order valence-electron chi connectivity index (χ2n) is 28.8. The summed E-state index contributed by atoms with van der Waals surface area (Å²) in [6, 6.07) is 0. The first kappa shape index (κ1) is 93.1. The number of aliphatic hydroxyl groups excluding tert-OH is 1. The Bertz CT molecular complexity index is 1850. The van der Waals surface area contributed by atoms with E-state index in [-0.39, 0.29) is 25.7 Å². The van der Waals surface area contributed by atoms with Crippen LogP contribution in [0, 0.1) is 17.8 Å². The van der Waals surface area contributed by atoms with Gasteiger partial charge in [0.05, 0.1) is 26.4 Å². The lowest BCUT2D eigenvalue weighted by Crippen LogP contribution is -2.30. The number of rotatable bonds is 74. The van der Waals surface area contributed by atoms with Crippen LogP contribution in [-0.4, -0.2) is 96.7 Å². The Morgan fingerprint density at radius 2 is 0.484 bits per heavy atom. The molecule has 0 amide bonds. The molecule has 564 valence electrons. The fourth-order valence-electron chi connectivity index (χ4n) is 11.6. The average Bonchev–Trinajstić information content (AvgIpc) is 3.03. The van der Waals surface area contributed by atoms with Gasteiger partial charge in [0, 0.05) is 25.7 Å². The monoisotopic (exact) mass is 1400 g/mol. The first-order valence-corrected chi connectivity index (χ1v) is 42.3. The molecule has 0 saturated heterocycles. The summed E-state index contributed by atoms with van der Waals surface area (Å²) in [6.07, 6.45) is 53.1. The Labute approximate surface area is 581 Å². The van der Waals surface area contributed by atoms with E-state index in [4.69, 9.17) is 37.0 Å². The second-order valence-corrected chi connectivity index (χ2v) is 31.7. The van der Waals surface area contributed by atoms with Crippen molar-refractivity contribution in [3.8, 4) is 0 Å².